The lowest BCUT2D eigenvalue weighted by molar-refractivity contribution is -0.603. The molecule has 7 aromatic rings. The lowest BCUT2D eigenvalue weighted by Crippen LogP contribution is -2.65. The van der Waals surface area contributed by atoms with Crippen LogP contribution in [0.25, 0.3) is 45.1 Å². The molecule has 3 aromatic heterocycles. The van der Waals surface area contributed by atoms with Gasteiger partial charge in [0.15, 0.2) is 0 Å². The summed E-state index contributed by atoms with van der Waals surface area (Å²) >= 11 is 0. The topological polar surface area (TPSA) is 47.5 Å². The number of benzene rings is 4. The fourth-order valence-electron chi connectivity index (χ4n) is 8.12. The molecule has 0 atom stereocenters. The second-order valence-electron chi connectivity index (χ2n) is 12.8. The highest BCUT2D eigenvalue weighted by molar-refractivity contribution is 7.04. The Morgan fingerprint density at radius 2 is 1.12 bits per heavy atom. The molecule has 3 heterocycles. The molecule has 2 aliphatic rings. The first-order valence-corrected chi connectivity index (χ1v) is 19.0. The quantitative estimate of drug-likeness (QED) is 0.124. The predicted molar refractivity (Wildman–Crippen MR) is 206 cm³/mol. The van der Waals surface area contributed by atoms with E-state index in [2.05, 4.69) is 15.0 Å². The molecule has 0 spiro atoms. The molecule has 0 aliphatic heterocycles. The number of para-hydroxylation sites is 2. The Hall–Kier alpha value is -4.94. The molecule has 0 saturated heterocycles. The molecule has 2 aliphatic carbocycles. The molecular formula is C44H44N5Si+. The zero-order valence-electron chi connectivity index (χ0n) is 49.0. The Bertz CT molecular complexity index is 3350. The molecule has 9 rings (SSSR count). The second kappa shape index (κ2) is 13.4. The van der Waals surface area contributed by atoms with E-state index in [-0.39, 0.29) is 21.1 Å². The van der Waals surface area contributed by atoms with Gasteiger partial charge in [0.25, 0.3) is 0 Å². The number of hydrogen-bond donors (Lipinski definition) is 0. The summed E-state index contributed by atoms with van der Waals surface area (Å²) in [6.45, 7) is 0. The minimum absolute atomic E-state index is 0.0161. The molecule has 2 saturated carbocycles. The first-order valence-electron chi connectivity index (χ1n) is 27.9. The Labute approximate surface area is 326 Å². The number of fused-ring (bicyclic) bond motifs is 3. The lowest BCUT2D eigenvalue weighted by Gasteiger charge is -2.48. The molecule has 2 fully saturated rings. The zero-order chi connectivity index (χ0) is 52.5. The van der Waals surface area contributed by atoms with Crippen LogP contribution in [0.1, 0.15) is 94.4 Å². The number of pyridine rings is 1. The molecule has 0 N–H and O–H groups in total. The van der Waals surface area contributed by atoms with Gasteiger partial charge in [0.2, 0.25) is 5.82 Å². The van der Waals surface area contributed by atoms with Gasteiger partial charge in [-0.2, -0.15) is 4.98 Å². The maximum absolute atomic E-state index is 10.4. The van der Waals surface area contributed by atoms with Crippen molar-refractivity contribution in [3.05, 3.63) is 133 Å². The number of nitrogens with zero attached hydrogens (tertiary/aromatic N) is 5. The third-order valence-electron chi connectivity index (χ3n) is 10.2. The summed E-state index contributed by atoms with van der Waals surface area (Å²) in [6.07, 6.45) is 4.65. The molecule has 50 heavy (non-hydrogen) atoms. The van der Waals surface area contributed by atoms with Crippen molar-refractivity contribution in [2.24, 2.45) is 0 Å². The van der Waals surface area contributed by atoms with Crippen LogP contribution in [0, 0.1) is 0 Å². The third-order valence-corrected chi connectivity index (χ3v) is 16.1. The van der Waals surface area contributed by atoms with Crippen LogP contribution < -0.4 is 14.9 Å². The van der Waals surface area contributed by atoms with Crippen molar-refractivity contribution in [2.45, 2.75) is 75.3 Å². The van der Waals surface area contributed by atoms with Gasteiger partial charge in [0.1, 0.15) is 10.8 Å². The van der Waals surface area contributed by atoms with Gasteiger partial charge in [0.05, 0.1) is 50.8 Å². The standard InChI is InChI=1S/C44H44N5Si/c1-5-19-34(20-6-1)50(35-21-7-2-8-22-35,36-23-9-3-10-24-36)37-25-17-18-33(32-37)42-45-43(48-30-15-4-16-31-48)47-44(46-42)49-40-28-13-11-26-38(40)39-27-12-14-29-41(39)49/h1,4-6,11-20,25-32,35-36H,2-3,7-10,21-24H2/q+1/i1D,4D,5D,6D,11D,12D,13D,14D,15D,16D,17D,18D,19D,20D,25D,26D,27D,28D,29D,30D,31D,32D. The summed E-state index contributed by atoms with van der Waals surface area (Å²) < 4.78 is 200. The van der Waals surface area contributed by atoms with Gasteiger partial charge >= 0.3 is 11.9 Å². The van der Waals surface area contributed by atoms with Gasteiger partial charge in [-0.05, 0) is 57.3 Å². The van der Waals surface area contributed by atoms with Crippen LogP contribution in [0.3, 0.4) is 0 Å². The van der Waals surface area contributed by atoms with Gasteiger partial charge in [-0.15, -0.1) is 0 Å². The Morgan fingerprint density at radius 3 is 1.76 bits per heavy atom. The van der Waals surface area contributed by atoms with Crippen molar-refractivity contribution in [1.29, 1.82) is 0 Å². The van der Waals surface area contributed by atoms with E-state index in [4.69, 9.17) is 21.9 Å². The van der Waals surface area contributed by atoms with E-state index in [9.17, 15) is 8.22 Å². The SMILES string of the molecule is [2H]c1c([2H])c([2H])c([Si](c2c([2H])c([2H])c([2H])c(-c3nc(-n4c5c([2H])c([2H])c([2H])c([2H])c5c5c([2H])c([2H])c([2H])c([2H])c54)nc(-[n+]4c([2H])c([2H])c([2H])c([2H])c4[2H])n3)c2[2H])(C2CCCCC2)C2CCCCC2)c([2H])c1[2H]. The number of hydrogen-bond acceptors (Lipinski definition) is 3. The van der Waals surface area contributed by atoms with E-state index in [1.807, 2.05) is 0 Å². The van der Waals surface area contributed by atoms with E-state index >= 15 is 0 Å². The summed E-state index contributed by atoms with van der Waals surface area (Å²) in [6, 6.07) is -14.1. The molecular weight excluding hydrogens is 627 g/mol. The van der Waals surface area contributed by atoms with Gasteiger partial charge in [-0.25, -0.2) is 4.57 Å². The maximum atomic E-state index is 10.4. The summed E-state index contributed by atoms with van der Waals surface area (Å²) in [5.41, 5.74) is -2.36. The molecule has 5 nitrogen and oxygen atoms in total. The molecule has 0 radical (unpaired) electrons. The second-order valence-corrected chi connectivity index (χ2v) is 17.1. The fraction of sp³-hybridized carbons (Fsp3) is 0.273. The van der Waals surface area contributed by atoms with Crippen molar-refractivity contribution in [2.75, 3.05) is 0 Å². The zero-order valence-corrected chi connectivity index (χ0v) is 28.0. The molecule has 4 aromatic carbocycles. The highest BCUT2D eigenvalue weighted by atomic mass is 28.3. The van der Waals surface area contributed by atoms with Gasteiger partial charge in [-0.1, -0.05) is 159 Å². The van der Waals surface area contributed by atoms with E-state index in [0.29, 0.717) is 55.9 Å². The van der Waals surface area contributed by atoms with Crippen molar-refractivity contribution in [1.82, 2.24) is 19.5 Å². The minimum atomic E-state index is -4.19. The van der Waals surface area contributed by atoms with Crippen LogP contribution in [0.4, 0.5) is 0 Å². The van der Waals surface area contributed by atoms with Crippen molar-refractivity contribution in [3.8, 4) is 23.3 Å². The smallest absolute Gasteiger partial charge is 0.264 e. The fourth-order valence-corrected chi connectivity index (χ4v) is 14.5. The molecule has 6 heteroatoms. The predicted octanol–water partition coefficient (Wildman–Crippen LogP) is 9.14. The minimum Gasteiger partial charge on any atom is -0.264 e. The van der Waals surface area contributed by atoms with Crippen molar-refractivity contribution >= 4 is 40.3 Å². The number of aromatic nitrogens is 5. The third kappa shape index (κ3) is 5.37. The largest absolute Gasteiger partial charge is 0.443 e. The number of rotatable bonds is 7. The maximum Gasteiger partial charge on any atom is 0.443 e. The molecule has 0 bridgehead atoms. The van der Waals surface area contributed by atoms with Crippen LogP contribution in [0.15, 0.2) is 133 Å². The average molecular weight is 693 g/mol. The molecule has 248 valence electrons. The first kappa shape index (κ1) is 15.5. The highest BCUT2D eigenvalue weighted by Crippen LogP contribution is 2.48. The highest BCUT2D eigenvalue weighted by Gasteiger charge is 2.50. The summed E-state index contributed by atoms with van der Waals surface area (Å²) in [4.78, 5) is 13.7. The van der Waals surface area contributed by atoms with Crippen LogP contribution in [-0.4, -0.2) is 27.6 Å². The van der Waals surface area contributed by atoms with Gasteiger partial charge in [-0.3, -0.25) is 4.57 Å². The Morgan fingerprint density at radius 1 is 0.560 bits per heavy atom. The molecule has 0 unspecified atom stereocenters. The van der Waals surface area contributed by atoms with Crippen LogP contribution in [-0.2, 0) is 0 Å². The van der Waals surface area contributed by atoms with E-state index in [0.717, 1.165) is 17.4 Å². The van der Waals surface area contributed by atoms with E-state index in [1.54, 1.807) is 0 Å². The first-order chi connectivity index (χ1) is 33.9. The Balaban J connectivity index is 1.51. The van der Waals surface area contributed by atoms with Gasteiger partial charge < -0.3 is 0 Å². The lowest BCUT2D eigenvalue weighted by atomic mass is 9.99. The van der Waals surface area contributed by atoms with E-state index < -0.39 is 187 Å². The summed E-state index contributed by atoms with van der Waals surface area (Å²) in [5, 5.41) is -0.867. The van der Waals surface area contributed by atoms with Gasteiger partial charge in [0, 0.05) is 16.3 Å². The van der Waals surface area contributed by atoms with Crippen molar-refractivity contribution in [3.63, 3.8) is 0 Å². The van der Waals surface area contributed by atoms with Crippen LogP contribution in [0.2, 0.25) is 11.1 Å². The average Bonchev–Trinajstić information content (AvgIpc) is 3.74. The van der Waals surface area contributed by atoms with Crippen LogP contribution >= 0.6 is 0 Å². The normalized spacial score (nSPS) is 22.4. The van der Waals surface area contributed by atoms with Crippen molar-refractivity contribution < 1.29 is 34.7 Å². The summed E-state index contributed by atoms with van der Waals surface area (Å²) in [7, 11) is -4.19. The summed E-state index contributed by atoms with van der Waals surface area (Å²) in [5.74, 6) is -2.23. The Kier molecular flexibility index (Phi) is 4.16. The van der Waals surface area contributed by atoms with Crippen LogP contribution in [0.5, 0.6) is 0 Å². The van der Waals surface area contributed by atoms with E-state index in [1.165, 1.54) is 0 Å². The molecule has 0 amide bonds. The monoisotopic (exact) mass is 692 g/mol.